The van der Waals surface area contributed by atoms with E-state index in [9.17, 15) is 28.5 Å². The van der Waals surface area contributed by atoms with Gasteiger partial charge in [-0.2, -0.15) is 23.7 Å². The molecule has 6 nitrogen and oxygen atoms in total. The van der Waals surface area contributed by atoms with Gasteiger partial charge in [-0.3, -0.25) is 4.79 Å². The summed E-state index contributed by atoms with van der Waals surface area (Å²) in [6.07, 6.45) is -4.51. The summed E-state index contributed by atoms with van der Waals surface area (Å²) in [6.45, 7) is -0.249. The van der Waals surface area contributed by atoms with Gasteiger partial charge in [0.2, 0.25) is 0 Å². The second kappa shape index (κ2) is 8.42. The van der Waals surface area contributed by atoms with E-state index < -0.39 is 17.3 Å². The van der Waals surface area contributed by atoms with Gasteiger partial charge in [-0.25, -0.2) is 0 Å². The third-order valence-electron chi connectivity index (χ3n) is 4.33. The number of nitrogens with zero attached hydrogens (tertiary/aromatic N) is 2. The van der Waals surface area contributed by atoms with E-state index in [1.165, 1.54) is 30.3 Å². The van der Waals surface area contributed by atoms with Gasteiger partial charge in [0.1, 0.15) is 41.4 Å². The number of nitriles is 2. The summed E-state index contributed by atoms with van der Waals surface area (Å²) in [7, 11) is 0. The zero-order chi connectivity index (χ0) is 22.8. The van der Waals surface area contributed by atoms with Crippen LogP contribution in [0.2, 0.25) is 5.02 Å². The summed E-state index contributed by atoms with van der Waals surface area (Å²) in [5, 5.41) is 19.2. The number of hydrogen-bond acceptors (Lipinski definition) is 5. The van der Waals surface area contributed by atoms with Crippen LogP contribution in [0.5, 0.6) is 5.75 Å². The summed E-state index contributed by atoms with van der Waals surface area (Å²) >= 11 is 6.06. The van der Waals surface area contributed by atoms with E-state index >= 15 is 0 Å². The van der Waals surface area contributed by atoms with E-state index in [1.807, 2.05) is 6.07 Å². The molecule has 0 saturated heterocycles. The van der Waals surface area contributed by atoms with E-state index in [0.29, 0.717) is 0 Å². The van der Waals surface area contributed by atoms with Crippen molar-refractivity contribution in [3.63, 3.8) is 0 Å². The Balaban J connectivity index is 2.10. The molecule has 3 rings (SSSR count). The minimum Gasteiger partial charge on any atom is -0.488 e. The topological polar surface area (TPSA) is 116 Å². The lowest BCUT2D eigenvalue weighted by Gasteiger charge is -2.15. The Morgan fingerprint density at radius 1 is 1.10 bits per heavy atom. The molecule has 0 spiro atoms. The summed E-state index contributed by atoms with van der Waals surface area (Å²) in [4.78, 5) is 14.4. The average molecular weight is 445 g/mol. The molecule has 156 valence electrons. The zero-order valence-electron chi connectivity index (χ0n) is 15.5. The molecular weight excluding hydrogens is 433 g/mol. The molecule has 0 radical (unpaired) electrons. The Morgan fingerprint density at radius 3 is 2.45 bits per heavy atom. The Kier molecular flexibility index (Phi) is 5.91. The Hall–Kier alpha value is -3.95. The molecule has 1 heterocycles. The maximum Gasteiger partial charge on any atom is 0.416 e. The minimum atomic E-state index is -4.51. The molecule has 0 aliphatic heterocycles. The molecule has 0 aliphatic carbocycles. The van der Waals surface area contributed by atoms with Crippen LogP contribution in [0.4, 0.5) is 19.0 Å². The number of halogens is 4. The Bertz CT molecular complexity index is 1300. The predicted molar refractivity (Wildman–Crippen MR) is 107 cm³/mol. The largest absolute Gasteiger partial charge is 0.488 e. The lowest BCUT2D eigenvalue weighted by Crippen LogP contribution is -2.16. The van der Waals surface area contributed by atoms with Crippen LogP contribution >= 0.6 is 11.6 Å². The number of hydrogen-bond donors (Lipinski definition) is 2. The third kappa shape index (κ3) is 4.47. The highest BCUT2D eigenvalue weighted by atomic mass is 35.5. The first kappa shape index (κ1) is 21.8. The summed E-state index contributed by atoms with van der Waals surface area (Å²) < 4.78 is 44.5. The fourth-order valence-electron chi connectivity index (χ4n) is 2.93. The average Bonchev–Trinajstić information content (AvgIpc) is 2.72. The molecular formula is C21H12ClF3N4O2. The number of alkyl halides is 3. The van der Waals surface area contributed by atoms with E-state index in [4.69, 9.17) is 22.1 Å². The first-order valence-electron chi connectivity index (χ1n) is 8.60. The van der Waals surface area contributed by atoms with Crippen molar-refractivity contribution in [3.8, 4) is 29.0 Å². The predicted octanol–water partition coefficient (Wildman–Crippen LogP) is 4.62. The summed E-state index contributed by atoms with van der Waals surface area (Å²) in [5.41, 5.74) is 3.85. The molecule has 31 heavy (non-hydrogen) atoms. The molecule has 0 fully saturated rings. The molecule has 0 bridgehead atoms. The number of nitrogen functional groups attached to an aromatic ring is 1. The van der Waals surface area contributed by atoms with Crippen LogP contribution in [0.3, 0.4) is 0 Å². The molecule has 0 aliphatic rings. The second-order valence-corrected chi connectivity index (χ2v) is 6.78. The number of aromatic nitrogens is 1. The molecule has 0 atom stereocenters. The molecule has 0 unspecified atom stereocenters. The van der Waals surface area contributed by atoms with E-state index in [0.717, 1.165) is 12.1 Å². The fraction of sp³-hybridized carbons (Fsp3) is 0.0952. The van der Waals surface area contributed by atoms with Gasteiger partial charge in [0.05, 0.1) is 5.56 Å². The SMILES string of the molecule is N#Cc1c(N)[nH]c(=O)c(C#N)c1-c1cc(Cl)ccc1OCc1cccc(C(F)(F)F)c1. The minimum absolute atomic E-state index is 0.0761. The van der Waals surface area contributed by atoms with E-state index in [2.05, 4.69) is 4.98 Å². The number of aromatic amines is 1. The highest BCUT2D eigenvalue weighted by Gasteiger charge is 2.30. The number of ether oxygens (including phenoxy) is 1. The summed E-state index contributed by atoms with van der Waals surface area (Å²) in [5.74, 6) is -0.148. The number of pyridine rings is 1. The highest BCUT2D eigenvalue weighted by Crippen LogP contribution is 2.37. The number of H-pyrrole nitrogens is 1. The first-order valence-corrected chi connectivity index (χ1v) is 8.98. The quantitative estimate of drug-likeness (QED) is 0.609. The fourth-order valence-corrected chi connectivity index (χ4v) is 3.11. The number of rotatable bonds is 4. The van der Waals surface area contributed by atoms with Crippen LogP contribution in [-0.2, 0) is 12.8 Å². The van der Waals surface area contributed by atoms with E-state index in [-0.39, 0.29) is 51.0 Å². The highest BCUT2D eigenvalue weighted by molar-refractivity contribution is 6.31. The third-order valence-corrected chi connectivity index (χ3v) is 4.56. The van der Waals surface area contributed by atoms with Gasteiger partial charge in [-0.15, -0.1) is 0 Å². The monoisotopic (exact) mass is 444 g/mol. The van der Waals surface area contributed by atoms with Crippen molar-refractivity contribution in [2.24, 2.45) is 0 Å². The van der Waals surface area contributed by atoms with Crippen molar-refractivity contribution in [1.82, 2.24) is 4.98 Å². The molecule has 0 amide bonds. The zero-order valence-corrected chi connectivity index (χ0v) is 16.3. The maximum atomic E-state index is 12.9. The van der Waals surface area contributed by atoms with Crippen LogP contribution in [0.1, 0.15) is 22.3 Å². The van der Waals surface area contributed by atoms with Crippen LogP contribution < -0.4 is 16.0 Å². The van der Waals surface area contributed by atoms with Gasteiger partial charge in [0, 0.05) is 16.1 Å². The Labute approximate surface area is 178 Å². The molecule has 2 aromatic carbocycles. The maximum absolute atomic E-state index is 12.9. The van der Waals surface area contributed by atoms with Gasteiger partial charge >= 0.3 is 6.18 Å². The lowest BCUT2D eigenvalue weighted by atomic mass is 9.96. The van der Waals surface area contributed by atoms with Crippen molar-refractivity contribution < 1.29 is 17.9 Å². The van der Waals surface area contributed by atoms with Crippen molar-refractivity contribution in [2.75, 3.05) is 5.73 Å². The number of nitrogens with two attached hydrogens (primary N) is 1. The molecule has 0 saturated carbocycles. The van der Waals surface area contributed by atoms with Gasteiger partial charge in [-0.05, 0) is 35.9 Å². The van der Waals surface area contributed by atoms with E-state index in [1.54, 1.807) is 6.07 Å². The van der Waals surface area contributed by atoms with Gasteiger partial charge in [0.25, 0.3) is 5.56 Å². The normalized spacial score (nSPS) is 10.9. The smallest absolute Gasteiger partial charge is 0.416 e. The van der Waals surface area contributed by atoms with Gasteiger partial charge in [-0.1, -0.05) is 23.7 Å². The molecule has 3 N–H and O–H groups in total. The van der Waals surface area contributed by atoms with Crippen molar-refractivity contribution >= 4 is 17.4 Å². The lowest BCUT2D eigenvalue weighted by molar-refractivity contribution is -0.137. The van der Waals surface area contributed by atoms with Crippen LogP contribution in [0.15, 0.2) is 47.3 Å². The van der Waals surface area contributed by atoms with Crippen LogP contribution in [0.25, 0.3) is 11.1 Å². The standard InChI is InChI=1S/C21H12ClF3N4O2/c22-13-4-5-17(31-10-11-2-1-3-12(6-11)21(23,24)25)14(7-13)18-15(8-26)19(28)29-20(30)16(18)9-27/h1-7H,10H2,(H3,28,29,30). The molecule has 10 heteroatoms. The number of benzene rings is 2. The van der Waals surface area contributed by atoms with Crippen LogP contribution in [0, 0.1) is 22.7 Å². The Morgan fingerprint density at radius 2 is 1.81 bits per heavy atom. The number of anilines is 1. The van der Waals surface area contributed by atoms with Crippen molar-refractivity contribution in [3.05, 3.63) is 80.1 Å². The van der Waals surface area contributed by atoms with Gasteiger partial charge < -0.3 is 15.5 Å². The number of nitrogens with one attached hydrogen (secondary N) is 1. The molecule has 3 aromatic rings. The van der Waals surface area contributed by atoms with Crippen molar-refractivity contribution in [1.29, 1.82) is 10.5 Å². The molecule has 1 aromatic heterocycles. The summed E-state index contributed by atoms with van der Waals surface area (Å²) in [6, 6.07) is 12.4. The van der Waals surface area contributed by atoms with Gasteiger partial charge in [0.15, 0.2) is 0 Å². The van der Waals surface area contributed by atoms with Crippen LogP contribution in [-0.4, -0.2) is 4.98 Å². The van der Waals surface area contributed by atoms with Crippen molar-refractivity contribution in [2.45, 2.75) is 12.8 Å². The second-order valence-electron chi connectivity index (χ2n) is 6.34. The first-order chi connectivity index (χ1) is 14.7.